The van der Waals surface area contributed by atoms with Gasteiger partial charge in [-0.1, -0.05) is 90.5 Å². The maximum absolute atomic E-state index is 14.1. The number of hydrogen-bond acceptors (Lipinski definition) is 4. The molecular weight excluding hydrogens is 581 g/mol. The second-order valence-electron chi connectivity index (χ2n) is 10.4. The van der Waals surface area contributed by atoms with Crippen LogP contribution in [0.15, 0.2) is 77.7 Å². The van der Waals surface area contributed by atoms with Gasteiger partial charge in [-0.05, 0) is 62.6 Å². The van der Waals surface area contributed by atoms with Gasteiger partial charge >= 0.3 is 0 Å². The molecule has 0 aliphatic heterocycles. The van der Waals surface area contributed by atoms with E-state index in [1.165, 1.54) is 35.2 Å². The van der Waals surface area contributed by atoms with E-state index in [1.54, 1.807) is 25.1 Å². The van der Waals surface area contributed by atoms with Crippen molar-refractivity contribution in [3.63, 3.8) is 0 Å². The summed E-state index contributed by atoms with van der Waals surface area (Å²) in [6, 6.07) is 19.2. The van der Waals surface area contributed by atoms with Gasteiger partial charge in [-0.3, -0.25) is 13.9 Å². The van der Waals surface area contributed by atoms with Crippen LogP contribution in [0.4, 0.5) is 5.69 Å². The SMILES string of the molecule is Cc1ccc(CN(C(=O)CN(c2ccc(Cl)cc2Cl)S(=O)(=O)c2ccccc2)[C@@H](C)C(=O)NC2CCCCC2)cc1. The van der Waals surface area contributed by atoms with Crippen molar-refractivity contribution in [2.45, 2.75) is 69.5 Å². The molecule has 1 fully saturated rings. The number of halogens is 2. The van der Waals surface area contributed by atoms with Crippen molar-refractivity contribution in [2.75, 3.05) is 10.8 Å². The van der Waals surface area contributed by atoms with E-state index in [4.69, 9.17) is 23.2 Å². The molecule has 7 nitrogen and oxygen atoms in total. The number of nitrogens with one attached hydrogen (secondary N) is 1. The molecule has 0 aromatic heterocycles. The molecule has 3 aromatic rings. The number of carbonyl (C=O) groups excluding carboxylic acids is 2. The fourth-order valence-electron chi connectivity index (χ4n) is 4.96. The van der Waals surface area contributed by atoms with Crippen LogP contribution in [0.5, 0.6) is 0 Å². The molecule has 0 radical (unpaired) electrons. The number of carbonyl (C=O) groups is 2. The predicted molar refractivity (Wildman–Crippen MR) is 164 cm³/mol. The van der Waals surface area contributed by atoms with Crippen molar-refractivity contribution in [3.8, 4) is 0 Å². The molecule has 1 aliphatic carbocycles. The largest absolute Gasteiger partial charge is 0.352 e. The lowest BCUT2D eigenvalue weighted by atomic mass is 9.95. The summed E-state index contributed by atoms with van der Waals surface area (Å²) in [6.07, 6.45) is 5.07. The number of nitrogens with zero attached hydrogens (tertiary/aromatic N) is 2. The zero-order valence-corrected chi connectivity index (χ0v) is 25.6. The first-order chi connectivity index (χ1) is 19.6. The zero-order valence-electron chi connectivity index (χ0n) is 23.2. The average Bonchev–Trinajstić information content (AvgIpc) is 2.96. The fraction of sp³-hybridized carbons (Fsp3) is 0.355. The minimum Gasteiger partial charge on any atom is -0.352 e. The van der Waals surface area contributed by atoms with E-state index in [-0.39, 0.29) is 34.1 Å². The van der Waals surface area contributed by atoms with E-state index in [0.29, 0.717) is 5.02 Å². The summed E-state index contributed by atoms with van der Waals surface area (Å²) in [6.45, 7) is 3.21. The van der Waals surface area contributed by atoms with Crippen molar-refractivity contribution in [1.29, 1.82) is 0 Å². The van der Waals surface area contributed by atoms with Gasteiger partial charge in [0.2, 0.25) is 11.8 Å². The second kappa shape index (κ2) is 13.7. The van der Waals surface area contributed by atoms with E-state index in [0.717, 1.165) is 47.5 Å². The molecule has 218 valence electrons. The Hall–Kier alpha value is -3.07. The van der Waals surface area contributed by atoms with E-state index < -0.39 is 28.5 Å². The lowest BCUT2D eigenvalue weighted by Gasteiger charge is -2.33. The number of rotatable bonds is 10. The fourth-order valence-corrected chi connectivity index (χ4v) is 6.97. The highest BCUT2D eigenvalue weighted by molar-refractivity contribution is 7.92. The van der Waals surface area contributed by atoms with Crippen LogP contribution in [0.25, 0.3) is 0 Å². The summed E-state index contributed by atoms with van der Waals surface area (Å²) in [5, 5.41) is 3.52. The van der Waals surface area contributed by atoms with E-state index in [9.17, 15) is 18.0 Å². The van der Waals surface area contributed by atoms with Crippen LogP contribution < -0.4 is 9.62 Å². The van der Waals surface area contributed by atoms with Gasteiger partial charge in [0.05, 0.1) is 15.6 Å². The van der Waals surface area contributed by atoms with Crippen LogP contribution in [-0.4, -0.2) is 43.8 Å². The zero-order chi connectivity index (χ0) is 29.6. The van der Waals surface area contributed by atoms with Gasteiger partial charge in [-0.2, -0.15) is 0 Å². The molecule has 41 heavy (non-hydrogen) atoms. The van der Waals surface area contributed by atoms with Crippen molar-refractivity contribution < 1.29 is 18.0 Å². The maximum Gasteiger partial charge on any atom is 0.264 e. The van der Waals surface area contributed by atoms with Gasteiger partial charge in [0, 0.05) is 17.6 Å². The smallest absolute Gasteiger partial charge is 0.264 e. The molecule has 1 aliphatic rings. The molecule has 0 bridgehead atoms. The van der Waals surface area contributed by atoms with Gasteiger partial charge in [0.15, 0.2) is 0 Å². The van der Waals surface area contributed by atoms with Crippen molar-refractivity contribution >= 4 is 50.7 Å². The highest BCUT2D eigenvalue weighted by Crippen LogP contribution is 2.33. The summed E-state index contributed by atoms with van der Waals surface area (Å²) in [5.74, 6) is -0.804. The molecule has 1 N–H and O–H groups in total. The Morgan fingerprint density at radius 2 is 1.61 bits per heavy atom. The van der Waals surface area contributed by atoms with Crippen LogP contribution >= 0.6 is 23.2 Å². The molecular formula is C31H35Cl2N3O4S. The third-order valence-electron chi connectivity index (χ3n) is 7.38. The van der Waals surface area contributed by atoms with Crippen LogP contribution in [-0.2, 0) is 26.2 Å². The van der Waals surface area contributed by atoms with Crippen LogP contribution in [0, 0.1) is 6.92 Å². The Morgan fingerprint density at radius 3 is 2.24 bits per heavy atom. The number of sulfonamides is 1. The van der Waals surface area contributed by atoms with Crippen molar-refractivity contribution in [2.24, 2.45) is 0 Å². The van der Waals surface area contributed by atoms with Gasteiger partial charge in [-0.25, -0.2) is 8.42 Å². The van der Waals surface area contributed by atoms with E-state index >= 15 is 0 Å². The normalized spacial score (nSPS) is 14.7. The van der Waals surface area contributed by atoms with Gasteiger partial charge in [-0.15, -0.1) is 0 Å². The van der Waals surface area contributed by atoms with Crippen molar-refractivity contribution in [3.05, 3.63) is 94.0 Å². The Kier molecular flexibility index (Phi) is 10.3. The molecule has 0 saturated heterocycles. The monoisotopic (exact) mass is 615 g/mol. The molecule has 1 saturated carbocycles. The Balaban J connectivity index is 1.69. The van der Waals surface area contributed by atoms with Crippen LogP contribution in [0.3, 0.4) is 0 Å². The Bertz CT molecular complexity index is 1460. The summed E-state index contributed by atoms with van der Waals surface area (Å²) in [4.78, 5) is 28.9. The first-order valence-electron chi connectivity index (χ1n) is 13.7. The highest BCUT2D eigenvalue weighted by atomic mass is 35.5. The first-order valence-corrected chi connectivity index (χ1v) is 15.9. The first kappa shape index (κ1) is 30.9. The third kappa shape index (κ3) is 7.82. The Morgan fingerprint density at radius 1 is 0.951 bits per heavy atom. The minimum atomic E-state index is -4.21. The molecule has 0 spiro atoms. The number of aryl methyl sites for hydroxylation is 1. The third-order valence-corrected chi connectivity index (χ3v) is 9.69. The minimum absolute atomic E-state index is 0.00647. The van der Waals surface area contributed by atoms with Crippen molar-refractivity contribution in [1.82, 2.24) is 10.2 Å². The molecule has 4 rings (SSSR count). The van der Waals surface area contributed by atoms with Gasteiger partial charge in [0.25, 0.3) is 10.0 Å². The van der Waals surface area contributed by atoms with Gasteiger partial charge < -0.3 is 10.2 Å². The molecule has 0 unspecified atom stereocenters. The standard InChI is InChI=1S/C31H35Cl2N3O4S/c1-22-13-15-24(16-14-22)20-35(23(2)31(38)34-26-9-5-3-6-10-26)30(37)21-36(29-18-17-25(32)19-28(29)33)41(39,40)27-11-7-4-8-12-27/h4,7-8,11-19,23,26H,3,5-6,9-10,20-21H2,1-2H3,(H,34,38)/t23-/m0/s1. The maximum atomic E-state index is 14.1. The number of anilines is 1. The lowest BCUT2D eigenvalue weighted by molar-refractivity contribution is -0.139. The average molecular weight is 617 g/mol. The molecule has 1 atom stereocenters. The second-order valence-corrected chi connectivity index (χ2v) is 13.2. The Labute approximate surface area is 252 Å². The van der Waals surface area contributed by atoms with E-state index in [1.807, 2.05) is 31.2 Å². The lowest BCUT2D eigenvalue weighted by Crippen LogP contribution is -2.53. The predicted octanol–water partition coefficient (Wildman–Crippen LogP) is 6.36. The molecule has 0 heterocycles. The number of amides is 2. The summed E-state index contributed by atoms with van der Waals surface area (Å²) in [5.41, 5.74) is 2.00. The highest BCUT2D eigenvalue weighted by Gasteiger charge is 2.34. The summed E-state index contributed by atoms with van der Waals surface area (Å²) in [7, 11) is -4.21. The van der Waals surface area contributed by atoms with E-state index in [2.05, 4.69) is 5.32 Å². The molecule has 2 amide bonds. The molecule has 3 aromatic carbocycles. The van der Waals surface area contributed by atoms with Gasteiger partial charge in [0.1, 0.15) is 12.6 Å². The summed E-state index contributed by atoms with van der Waals surface area (Å²) < 4.78 is 28.7. The quantitative estimate of drug-likeness (QED) is 0.287. The molecule has 10 heteroatoms. The number of hydrogen-bond donors (Lipinski definition) is 1. The number of benzene rings is 3. The topological polar surface area (TPSA) is 86.8 Å². The van der Waals surface area contributed by atoms with Crippen LogP contribution in [0.1, 0.15) is 50.2 Å². The van der Waals surface area contributed by atoms with Crippen LogP contribution in [0.2, 0.25) is 10.0 Å². The summed E-state index contributed by atoms with van der Waals surface area (Å²) >= 11 is 12.6.